The van der Waals surface area contributed by atoms with Gasteiger partial charge in [-0.1, -0.05) is 80.4 Å². The Balaban J connectivity index is 2.17. The van der Waals surface area contributed by atoms with E-state index < -0.39 is 0 Å². The summed E-state index contributed by atoms with van der Waals surface area (Å²) in [6.45, 7) is 0. The van der Waals surface area contributed by atoms with Gasteiger partial charge in [-0.05, 0) is 6.42 Å². The van der Waals surface area contributed by atoms with Crippen LogP contribution in [0.15, 0.2) is 54.1 Å². The van der Waals surface area contributed by atoms with Crippen molar-refractivity contribution >= 4 is 37.6 Å². The van der Waals surface area contributed by atoms with Gasteiger partial charge in [-0.15, -0.1) is 0 Å². The van der Waals surface area contributed by atoms with Crippen LogP contribution in [0, 0.1) is 5.41 Å². The highest BCUT2D eigenvalue weighted by Crippen LogP contribution is 2.34. The van der Waals surface area contributed by atoms with Gasteiger partial charge in [-0.25, -0.2) is 0 Å². The first-order valence-electron chi connectivity index (χ1n) is 5.82. The third-order valence-corrected chi connectivity index (χ3v) is 5.41. The Morgan fingerprint density at radius 2 is 1.83 bits per heavy atom. The van der Waals surface area contributed by atoms with Crippen molar-refractivity contribution in [2.75, 3.05) is 10.7 Å². The Hall–Kier alpha value is -0.670. The molecule has 0 saturated heterocycles. The van der Waals surface area contributed by atoms with Crippen molar-refractivity contribution in [2.24, 2.45) is 5.41 Å². The summed E-state index contributed by atoms with van der Waals surface area (Å²) in [6, 6.07) is 9.41. The van der Waals surface area contributed by atoms with Crippen LogP contribution in [-0.2, 0) is 0 Å². The zero-order chi connectivity index (χ0) is 13.0. The number of ketones is 1. The fourth-order valence-electron chi connectivity index (χ4n) is 1.87. The summed E-state index contributed by atoms with van der Waals surface area (Å²) in [6.07, 6.45) is 7.00. The van der Waals surface area contributed by atoms with Crippen molar-refractivity contribution in [1.29, 1.82) is 0 Å². The van der Waals surface area contributed by atoms with E-state index in [1.54, 1.807) is 0 Å². The van der Waals surface area contributed by atoms with Gasteiger partial charge in [0.1, 0.15) is 0 Å². The van der Waals surface area contributed by atoms with Crippen LogP contribution in [0.3, 0.4) is 0 Å². The minimum Gasteiger partial charge on any atom is -0.289 e. The second-order valence-corrected chi connectivity index (χ2v) is 5.64. The van der Waals surface area contributed by atoms with Crippen LogP contribution in [0.5, 0.6) is 0 Å². The van der Waals surface area contributed by atoms with E-state index >= 15 is 0 Å². The van der Waals surface area contributed by atoms with Gasteiger partial charge in [0, 0.05) is 27.2 Å². The van der Waals surface area contributed by atoms with E-state index in [0.29, 0.717) is 0 Å². The summed E-state index contributed by atoms with van der Waals surface area (Å²) in [7, 11) is 0. The van der Waals surface area contributed by atoms with E-state index in [2.05, 4.69) is 37.9 Å². The Kier molecular flexibility index (Phi) is 4.57. The number of hydrogen-bond acceptors (Lipinski definition) is 1. The van der Waals surface area contributed by atoms with Crippen molar-refractivity contribution in [2.45, 2.75) is 6.42 Å². The van der Waals surface area contributed by atoms with Crippen LogP contribution in [0.1, 0.15) is 16.8 Å². The molecule has 0 heterocycles. The Bertz CT molecular complexity index is 484. The summed E-state index contributed by atoms with van der Waals surface area (Å²) in [5.41, 5.74) is 1.64. The minimum atomic E-state index is 0.0977. The molecule has 3 heteroatoms. The number of carbonyl (C=O) groups excluding carboxylic acids is 1. The molecule has 1 aromatic rings. The van der Waals surface area contributed by atoms with E-state index in [0.717, 1.165) is 28.2 Å². The van der Waals surface area contributed by atoms with Gasteiger partial charge in [0.05, 0.1) is 0 Å². The molecule has 94 valence electrons. The molecule has 0 amide bonds. The second kappa shape index (κ2) is 5.98. The maximum absolute atomic E-state index is 12.2. The summed E-state index contributed by atoms with van der Waals surface area (Å²) < 4.78 is 0. The van der Waals surface area contributed by atoms with Gasteiger partial charge in [-0.2, -0.15) is 0 Å². The van der Waals surface area contributed by atoms with Crippen LogP contribution in [0.4, 0.5) is 0 Å². The highest BCUT2D eigenvalue weighted by atomic mass is 79.9. The van der Waals surface area contributed by atoms with Gasteiger partial charge in [0.2, 0.25) is 0 Å². The third-order valence-electron chi connectivity index (χ3n) is 3.18. The quantitative estimate of drug-likeness (QED) is 0.562. The first-order valence-corrected chi connectivity index (χ1v) is 8.06. The largest absolute Gasteiger partial charge is 0.289 e. The molecule has 0 aliphatic heterocycles. The molecule has 0 fully saturated rings. The summed E-state index contributed by atoms with van der Waals surface area (Å²) in [5, 5.41) is 1.79. The van der Waals surface area contributed by atoms with Crippen LogP contribution >= 0.6 is 31.9 Å². The number of hydrogen-bond donors (Lipinski definition) is 0. The molecule has 1 aliphatic rings. The number of benzene rings is 1. The van der Waals surface area contributed by atoms with E-state index in [-0.39, 0.29) is 11.2 Å². The van der Waals surface area contributed by atoms with Crippen molar-refractivity contribution in [1.82, 2.24) is 0 Å². The zero-order valence-corrected chi connectivity index (χ0v) is 13.1. The highest BCUT2D eigenvalue weighted by molar-refractivity contribution is 9.09. The monoisotopic (exact) mass is 368 g/mol. The van der Waals surface area contributed by atoms with E-state index in [1.807, 2.05) is 42.5 Å². The van der Waals surface area contributed by atoms with Crippen LogP contribution in [-0.4, -0.2) is 16.4 Å². The molecular weight excluding hydrogens is 356 g/mol. The number of allylic oxidation sites excluding steroid dienone is 4. The number of rotatable bonds is 4. The predicted octanol–water partition coefficient (Wildman–Crippen LogP) is 4.53. The second-order valence-electron chi connectivity index (χ2n) is 4.52. The lowest BCUT2D eigenvalue weighted by Crippen LogP contribution is -2.24. The summed E-state index contributed by atoms with van der Waals surface area (Å²) in [4.78, 5) is 12.2. The maximum Gasteiger partial charge on any atom is 0.192 e. The maximum atomic E-state index is 12.2. The number of Topliss-reactive ketones (excluding diaryl/α,β-unsaturated/α-hetero) is 1. The normalized spacial score (nSPS) is 17.3. The zero-order valence-electron chi connectivity index (χ0n) is 9.90. The number of alkyl halides is 2. The predicted molar refractivity (Wildman–Crippen MR) is 82.6 cm³/mol. The number of carbonyl (C=O) groups is 1. The van der Waals surface area contributed by atoms with Gasteiger partial charge in [0.15, 0.2) is 5.78 Å². The van der Waals surface area contributed by atoms with Crippen molar-refractivity contribution in [3.05, 3.63) is 59.7 Å². The molecule has 1 nitrogen and oxygen atoms in total. The molecule has 0 bridgehead atoms. The molecule has 1 aliphatic carbocycles. The molecular formula is C15H14Br2O. The van der Waals surface area contributed by atoms with Crippen LogP contribution in [0.25, 0.3) is 0 Å². The van der Waals surface area contributed by atoms with E-state index in [9.17, 15) is 4.79 Å². The highest BCUT2D eigenvalue weighted by Gasteiger charge is 2.27. The fourth-order valence-corrected chi connectivity index (χ4v) is 3.63. The molecule has 0 unspecified atom stereocenters. The number of halogens is 2. The molecule has 18 heavy (non-hydrogen) atoms. The molecule has 2 rings (SSSR count). The van der Waals surface area contributed by atoms with Crippen molar-refractivity contribution < 1.29 is 4.79 Å². The van der Waals surface area contributed by atoms with Crippen LogP contribution < -0.4 is 0 Å². The van der Waals surface area contributed by atoms with E-state index in [4.69, 9.17) is 0 Å². The Labute approximate surface area is 124 Å². The van der Waals surface area contributed by atoms with Gasteiger partial charge >= 0.3 is 0 Å². The Morgan fingerprint density at radius 1 is 1.17 bits per heavy atom. The van der Waals surface area contributed by atoms with Crippen LogP contribution in [0.2, 0.25) is 0 Å². The molecule has 0 saturated carbocycles. The average molecular weight is 370 g/mol. The standard InChI is InChI=1S/C15H14Br2O/c16-10-15(11-17)8-6-13(7-9-15)14(18)12-4-2-1-3-5-12/h1-8H,9-11H2. The summed E-state index contributed by atoms with van der Waals surface area (Å²) >= 11 is 7.07. The fraction of sp³-hybridized carbons (Fsp3) is 0.267. The molecule has 1 aromatic carbocycles. The smallest absolute Gasteiger partial charge is 0.192 e. The lowest BCUT2D eigenvalue weighted by Gasteiger charge is -2.27. The molecule has 0 atom stereocenters. The molecule has 0 aromatic heterocycles. The first-order chi connectivity index (χ1) is 8.71. The molecule has 0 spiro atoms. The topological polar surface area (TPSA) is 17.1 Å². The minimum absolute atomic E-state index is 0.0977. The van der Waals surface area contributed by atoms with Crippen molar-refractivity contribution in [3.8, 4) is 0 Å². The SMILES string of the molecule is O=C(C1=CCC(CBr)(CBr)C=C1)c1ccccc1. The summed E-state index contributed by atoms with van der Waals surface area (Å²) in [5.74, 6) is 0.101. The first kappa shape index (κ1) is 13.8. The molecule has 0 N–H and O–H groups in total. The van der Waals surface area contributed by atoms with Gasteiger partial charge < -0.3 is 0 Å². The lowest BCUT2D eigenvalue weighted by molar-refractivity contribution is 0.103. The Morgan fingerprint density at radius 3 is 2.33 bits per heavy atom. The van der Waals surface area contributed by atoms with Crippen molar-refractivity contribution in [3.63, 3.8) is 0 Å². The average Bonchev–Trinajstić information content (AvgIpc) is 2.47. The third kappa shape index (κ3) is 2.83. The van der Waals surface area contributed by atoms with Gasteiger partial charge in [0.25, 0.3) is 0 Å². The lowest BCUT2D eigenvalue weighted by atomic mass is 9.82. The van der Waals surface area contributed by atoms with Gasteiger partial charge in [-0.3, -0.25) is 4.79 Å². The molecule has 0 radical (unpaired) electrons. The van der Waals surface area contributed by atoms with E-state index in [1.165, 1.54) is 0 Å².